The second-order valence-corrected chi connectivity index (χ2v) is 5.90. The van der Waals surface area contributed by atoms with Crippen molar-refractivity contribution in [3.8, 4) is 0 Å². The second-order valence-electron chi connectivity index (χ2n) is 4.70. The maximum atomic E-state index is 11.6. The van der Waals surface area contributed by atoms with Gasteiger partial charge < -0.3 is 15.4 Å². The van der Waals surface area contributed by atoms with Crippen molar-refractivity contribution in [2.24, 2.45) is 0 Å². The predicted molar refractivity (Wildman–Crippen MR) is 83.8 cm³/mol. The summed E-state index contributed by atoms with van der Waals surface area (Å²) in [4.78, 5) is 28.3. The molecule has 1 heterocycles. The van der Waals surface area contributed by atoms with Crippen LogP contribution in [0.1, 0.15) is 49.0 Å². The third kappa shape index (κ3) is 5.71. The number of hydrogen-bond donors (Lipinski definition) is 2. The molecule has 0 spiro atoms. The Morgan fingerprint density at radius 2 is 2.10 bits per heavy atom. The SMILES string of the molecule is CCOC(=O)c1nc(NCCC(=O)NC(C)CC)sc1C. The summed E-state index contributed by atoms with van der Waals surface area (Å²) in [6.07, 6.45) is 1.28. The molecule has 1 atom stereocenters. The molecule has 0 aromatic carbocycles. The zero-order valence-corrected chi connectivity index (χ0v) is 13.8. The maximum absolute atomic E-state index is 11.6. The molecule has 0 aliphatic heterocycles. The highest BCUT2D eigenvalue weighted by Crippen LogP contribution is 2.22. The lowest BCUT2D eigenvalue weighted by Gasteiger charge is -2.11. The lowest BCUT2D eigenvalue weighted by molar-refractivity contribution is -0.121. The molecule has 2 N–H and O–H groups in total. The van der Waals surface area contributed by atoms with Gasteiger partial charge in [0.25, 0.3) is 0 Å². The van der Waals surface area contributed by atoms with Gasteiger partial charge in [-0.15, -0.1) is 11.3 Å². The van der Waals surface area contributed by atoms with E-state index in [-0.39, 0.29) is 11.9 Å². The van der Waals surface area contributed by atoms with Crippen molar-refractivity contribution in [1.82, 2.24) is 10.3 Å². The summed E-state index contributed by atoms with van der Waals surface area (Å²) in [5, 5.41) is 6.59. The molecule has 1 aromatic rings. The Hall–Kier alpha value is -1.63. The van der Waals surface area contributed by atoms with E-state index in [4.69, 9.17) is 4.74 Å². The predicted octanol–water partition coefficient (Wildman–Crippen LogP) is 2.34. The van der Waals surface area contributed by atoms with Crippen LogP contribution >= 0.6 is 11.3 Å². The number of hydrogen-bond acceptors (Lipinski definition) is 6. The third-order valence-corrected chi connectivity index (χ3v) is 3.84. The third-order valence-electron chi connectivity index (χ3n) is 2.91. The number of carbonyl (C=O) groups is 2. The summed E-state index contributed by atoms with van der Waals surface area (Å²) in [6, 6.07) is 0.190. The molecule has 6 nitrogen and oxygen atoms in total. The highest BCUT2D eigenvalue weighted by atomic mass is 32.1. The van der Waals surface area contributed by atoms with Gasteiger partial charge in [0, 0.05) is 23.9 Å². The molecule has 0 aliphatic rings. The lowest BCUT2D eigenvalue weighted by atomic mass is 10.2. The van der Waals surface area contributed by atoms with E-state index in [1.54, 1.807) is 6.92 Å². The fourth-order valence-electron chi connectivity index (χ4n) is 1.59. The molecule has 1 unspecified atom stereocenters. The maximum Gasteiger partial charge on any atom is 0.358 e. The molecular formula is C14H23N3O3S. The van der Waals surface area contributed by atoms with Crippen molar-refractivity contribution < 1.29 is 14.3 Å². The molecule has 0 fully saturated rings. The summed E-state index contributed by atoms with van der Waals surface area (Å²) in [6.45, 7) is 8.39. The smallest absolute Gasteiger partial charge is 0.358 e. The van der Waals surface area contributed by atoms with Gasteiger partial charge in [0.05, 0.1) is 6.61 Å². The highest BCUT2D eigenvalue weighted by Gasteiger charge is 2.16. The van der Waals surface area contributed by atoms with E-state index >= 15 is 0 Å². The van der Waals surface area contributed by atoms with Crippen molar-refractivity contribution in [2.75, 3.05) is 18.5 Å². The molecule has 0 radical (unpaired) electrons. The standard InChI is InChI=1S/C14H23N3O3S/c1-5-9(3)16-11(18)7-8-15-14-17-12(10(4)21-14)13(19)20-6-2/h9H,5-8H2,1-4H3,(H,15,17)(H,16,18). The number of aromatic nitrogens is 1. The topological polar surface area (TPSA) is 80.3 Å². The van der Waals surface area contributed by atoms with E-state index < -0.39 is 5.97 Å². The Kier molecular flexibility index (Phi) is 7.14. The molecule has 1 aromatic heterocycles. The molecule has 1 amide bonds. The first kappa shape index (κ1) is 17.4. The minimum absolute atomic E-state index is 0.00995. The molecular weight excluding hydrogens is 290 g/mol. The molecule has 0 saturated heterocycles. The number of nitrogens with one attached hydrogen (secondary N) is 2. The monoisotopic (exact) mass is 313 g/mol. The van der Waals surface area contributed by atoms with Crippen LogP contribution < -0.4 is 10.6 Å². The van der Waals surface area contributed by atoms with Crippen molar-refractivity contribution in [3.63, 3.8) is 0 Å². The molecule has 1 rings (SSSR count). The van der Waals surface area contributed by atoms with Crippen LogP contribution in [0, 0.1) is 6.92 Å². The van der Waals surface area contributed by atoms with Gasteiger partial charge in [-0.25, -0.2) is 9.78 Å². The Morgan fingerprint density at radius 3 is 2.71 bits per heavy atom. The van der Waals surface area contributed by atoms with Gasteiger partial charge in [0.2, 0.25) is 5.91 Å². The number of rotatable bonds is 8. The van der Waals surface area contributed by atoms with E-state index in [9.17, 15) is 9.59 Å². The van der Waals surface area contributed by atoms with Crippen LogP contribution in [0.15, 0.2) is 0 Å². The van der Waals surface area contributed by atoms with Crippen LogP contribution in [0.4, 0.5) is 5.13 Å². The van der Waals surface area contributed by atoms with Gasteiger partial charge in [-0.05, 0) is 27.2 Å². The average Bonchev–Trinajstić information content (AvgIpc) is 2.80. The van der Waals surface area contributed by atoms with Crippen LogP contribution in [-0.4, -0.2) is 36.1 Å². The lowest BCUT2D eigenvalue weighted by Crippen LogP contribution is -2.32. The van der Waals surface area contributed by atoms with E-state index in [0.717, 1.165) is 11.3 Å². The largest absolute Gasteiger partial charge is 0.461 e. The Balaban J connectivity index is 2.44. The Labute approximate surface area is 129 Å². The van der Waals surface area contributed by atoms with E-state index in [2.05, 4.69) is 15.6 Å². The Morgan fingerprint density at radius 1 is 1.38 bits per heavy atom. The van der Waals surface area contributed by atoms with Crippen LogP contribution in [-0.2, 0) is 9.53 Å². The quantitative estimate of drug-likeness (QED) is 0.720. The fourth-order valence-corrected chi connectivity index (χ4v) is 2.42. The van der Waals surface area contributed by atoms with Crippen molar-refractivity contribution in [3.05, 3.63) is 10.6 Å². The number of nitrogens with zero attached hydrogens (tertiary/aromatic N) is 1. The number of carbonyl (C=O) groups excluding carboxylic acids is 2. The molecule has 0 bridgehead atoms. The second kappa shape index (κ2) is 8.61. The summed E-state index contributed by atoms with van der Waals surface area (Å²) >= 11 is 1.38. The number of ether oxygens (including phenoxy) is 1. The molecule has 21 heavy (non-hydrogen) atoms. The van der Waals surface area contributed by atoms with Crippen LogP contribution in [0.2, 0.25) is 0 Å². The van der Waals surface area contributed by atoms with E-state index in [1.807, 2.05) is 20.8 Å². The number of esters is 1. The number of amides is 1. The van der Waals surface area contributed by atoms with Gasteiger partial charge >= 0.3 is 5.97 Å². The van der Waals surface area contributed by atoms with Crippen LogP contribution in [0.5, 0.6) is 0 Å². The first-order valence-electron chi connectivity index (χ1n) is 7.15. The zero-order chi connectivity index (χ0) is 15.8. The normalized spacial score (nSPS) is 11.8. The summed E-state index contributed by atoms with van der Waals surface area (Å²) < 4.78 is 4.93. The average molecular weight is 313 g/mol. The summed E-state index contributed by atoms with van der Waals surface area (Å²) in [7, 11) is 0. The molecule has 0 saturated carbocycles. The minimum atomic E-state index is -0.409. The molecule has 118 valence electrons. The summed E-state index contributed by atoms with van der Waals surface area (Å²) in [5.74, 6) is -0.399. The van der Waals surface area contributed by atoms with E-state index in [0.29, 0.717) is 30.4 Å². The van der Waals surface area contributed by atoms with Crippen LogP contribution in [0.3, 0.4) is 0 Å². The van der Waals surface area contributed by atoms with Gasteiger partial charge in [-0.2, -0.15) is 0 Å². The van der Waals surface area contributed by atoms with Crippen molar-refractivity contribution in [1.29, 1.82) is 0 Å². The first-order valence-corrected chi connectivity index (χ1v) is 7.97. The number of anilines is 1. The van der Waals surface area contributed by atoms with Gasteiger partial charge in [-0.1, -0.05) is 6.92 Å². The minimum Gasteiger partial charge on any atom is -0.461 e. The highest BCUT2D eigenvalue weighted by molar-refractivity contribution is 7.15. The van der Waals surface area contributed by atoms with Crippen LogP contribution in [0.25, 0.3) is 0 Å². The zero-order valence-electron chi connectivity index (χ0n) is 13.0. The van der Waals surface area contributed by atoms with Gasteiger partial charge in [0.1, 0.15) is 0 Å². The molecule has 0 aliphatic carbocycles. The number of thiazole rings is 1. The van der Waals surface area contributed by atoms with Crippen molar-refractivity contribution >= 4 is 28.3 Å². The number of aryl methyl sites for hydroxylation is 1. The first-order chi connectivity index (χ1) is 9.97. The molecule has 7 heteroatoms. The fraction of sp³-hybridized carbons (Fsp3) is 0.643. The summed E-state index contributed by atoms with van der Waals surface area (Å²) in [5.41, 5.74) is 0.341. The van der Waals surface area contributed by atoms with Gasteiger partial charge in [-0.3, -0.25) is 4.79 Å². The van der Waals surface area contributed by atoms with E-state index in [1.165, 1.54) is 11.3 Å². The van der Waals surface area contributed by atoms with Gasteiger partial charge in [0.15, 0.2) is 10.8 Å². The Bertz CT molecular complexity index is 488. The van der Waals surface area contributed by atoms with Crippen molar-refractivity contribution in [2.45, 2.75) is 46.6 Å².